The molecule has 1 aliphatic heterocycles. The predicted molar refractivity (Wildman–Crippen MR) is 100 cm³/mol. The Hall–Kier alpha value is -1.85. The van der Waals surface area contributed by atoms with Gasteiger partial charge in [0.2, 0.25) is 5.91 Å². The number of para-hydroxylation sites is 1. The van der Waals surface area contributed by atoms with E-state index in [0.29, 0.717) is 12.0 Å². The molecule has 1 aromatic carbocycles. The number of hydrogen-bond donors (Lipinski definition) is 2. The van der Waals surface area contributed by atoms with Crippen LogP contribution in [0.15, 0.2) is 42.7 Å². The van der Waals surface area contributed by atoms with E-state index in [1.54, 1.807) is 0 Å². The van der Waals surface area contributed by atoms with Crippen LogP contribution in [0, 0.1) is 11.3 Å². The van der Waals surface area contributed by atoms with Crippen molar-refractivity contribution < 1.29 is 4.79 Å². The highest BCUT2D eigenvalue weighted by molar-refractivity contribution is 5.85. The van der Waals surface area contributed by atoms with Crippen molar-refractivity contribution in [2.75, 3.05) is 19.6 Å². The molecule has 2 aromatic rings. The molecule has 1 atom stereocenters. The Balaban J connectivity index is 0.00000182. The van der Waals surface area contributed by atoms with Crippen LogP contribution in [0.3, 0.4) is 0 Å². The highest BCUT2D eigenvalue weighted by Gasteiger charge is 2.57. The molecule has 5 nitrogen and oxygen atoms in total. The van der Waals surface area contributed by atoms with Gasteiger partial charge in [-0.1, -0.05) is 18.2 Å². The van der Waals surface area contributed by atoms with Crippen LogP contribution in [0.4, 0.5) is 0 Å². The summed E-state index contributed by atoms with van der Waals surface area (Å²) in [5, 5.41) is 10.9. The fourth-order valence-electron chi connectivity index (χ4n) is 3.86. The van der Waals surface area contributed by atoms with Crippen molar-refractivity contribution in [1.82, 2.24) is 20.4 Å². The Bertz CT molecular complexity index is 709. The van der Waals surface area contributed by atoms with Gasteiger partial charge in [-0.2, -0.15) is 5.10 Å². The molecule has 6 heteroatoms. The standard InChI is InChI=1S/C19H24N4O.ClH/c24-18(17-12-19(17)7-10-20-11-8-19)21-9-6-15-13-22-23(14-15)16-4-2-1-3-5-16;/h1-5,13-14,17,20H,6-12H2,(H,21,24);1H. The third-order valence-electron chi connectivity index (χ3n) is 5.48. The number of carbonyl (C=O) groups excluding carboxylic acids is 1. The lowest BCUT2D eigenvalue weighted by atomic mass is 9.92. The molecule has 4 rings (SSSR count). The Morgan fingerprint density at radius 2 is 2.04 bits per heavy atom. The van der Waals surface area contributed by atoms with E-state index in [9.17, 15) is 4.79 Å². The minimum absolute atomic E-state index is 0. The van der Waals surface area contributed by atoms with E-state index in [4.69, 9.17) is 0 Å². The summed E-state index contributed by atoms with van der Waals surface area (Å²) in [4.78, 5) is 12.3. The summed E-state index contributed by atoms with van der Waals surface area (Å²) < 4.78 is 1.88. The minimum Gasteiger partial charge on any atom is -0.356 e. The van der Waals surface area contributed by atoms with Crippen molar-refractivity contribution in [3.8, 4) is 5.69 Å². The number of carbonyl (C=O) groups is 1. The summed E-state index contributed by atoms with van der Waals surface area (Å²) in [6.45, 7) is 2.80. The lowest BCUT2D eigenvalue weighted by molar-refractivity contribution is -0.123. The number of nitrogens with zero attached hydrogens (tertiary/aromatic N) is 2. The van der Waals surface area contributed by atoms with Crippen molar-refractivity contribution in [1.29, 1.82) is 0 Å². The highest BCUT2D eigenvalue weighted by atomic mass is 35.5. The van der Waals surface area contributed by atoms with E-state index >= 15 is 0 Å². The first kappa shape index (κ1) is 18.0. The molecule has 25 heavy (non-hydrogen) atoms. The highest BCUT2D eigenvalue weighted by Crippen LogP contribution is 2.58. The van der Waals surface area contributed by atoms with Crippen LogP contribution in [-0.2, 0) is 11.2 Å². The molecule has 1 spiro atoms. The second kappa shape index (κ2) is 7.58. The van der Waals surface area contributed by atoms with Crippen LogP contribution in [-0.4, -0.2) is 35.3 Å². The van der Waals surface area contributed by atoms with Crippen LogP contribution < -0.4 is 10.6 Å². The summed E-state index contributed by atoms with van der Waals surface area (Å²) in [5.41, 5.74) is 2.51. The van der Waals surface area contributed by atoms with Gasteiger partial charge in [0.05, 0.1) is 11.9 Å². The van der Waals surface area contributed by atoms with Gasteiger partial charge in [0, 0.05) is 18.7 Å². The van der Waals surface area contributed by atoms with Gasteiger partial charge in [-0.15, -0.1) is 12.4 Å². The van der Waals surface area contributed by atoms with E-state index in [1.165, 1.54) is 0 Å². The maximum Gasteiger partial charge on any atom is 0.223 e. The molecule has 2 fully saturated rings. The third-order valence-corrected chi connectivity index (χ3v) is 5.48. The second-order valence-electron chi connectivity index (χ2n) is 7.04. The number of halogens is 1. The van der Waals surface area contributed by atoms with Crippen LogP contribution in [0.25, 0.3) is 5.69 Å². The molecule has 1 saturated carbocycles. The van der Waals surface area contributed by atoms with Gasteiger partial charge in [0.15, 0.2) is 0 Å². The van der Waals surface area contributed by atoms with E-state index in [2.05, 4.69) is 15.7 Å². The Morgan fingerprint density at radius 1 is 1.28 bits per heavy atom. The predicted octanol–water partition coefficient (Wildman–Crippen LogP) is 2.34. The van der Waals surface area contributed by atoms with Gasteiger partial charge in [0.25, 0.3) is 0 Å². The maximum atomic E-state index is 12.3. The summed E-state index contributed by atoms with van der Waals surface area (Å²) in [5.74, 6) is 0.485. The third kappa shape index (κ3) is 3.88. The van der Waals surface area contributed by atoms with E-state index < -0.39 is 0 Å². The number of nitrogens with one attached hydrogen (secondary N) is 2. The van der Waals surface area contributed by atoms with Gasteiger partial charge in [-0.25, -0.2) is 4.68 Å². The molecule has 2 heterocycles. The van der Waals surface area contributed by atoms with Gasteiger partial charge >= 0.3 is 0 Å². The Labute approximate surface area is 154 Å². The normalized spacial score (nSPS) is 20.7. The fourth-order valence-corrected chi connectivity index (χ4v) is 3.86. The number of hydrogen-bond acceptors (Lipinski definition) is 3. The minimum atomic E-state index is 0. The lowest BCUT2D eigenvalue weighted by Gasteiger charge is -2.23. The summed E-state index contributed by atoms with van der Waals surface area (Å²) in [7, 11) is 0. The quantitative estimate of drug-likeness (QED) is 0.860. The zero-order valence-corrected chi connectivity index (χ0v) is 15.1. The first-order chi connectivity index (χ1) is 11.8. The molecule has 0 radical (unpaired) electrons. The molecule has 1 unspecified atom stereocenters. The van der Waals surface area contributed by atoms with Crippen LogP contribution in [0.5, 0.6) is 0 Å². The first-order valence-corrected chi connectivity index (χ1v) is 8.84. The number of aromatic nitrogens is 2. The Kier molecular flexibility index (Phi) is 5.45. The van der Waals surface area contributed by atoms with Crippen LogP contribution in [0.1, 0.15) is 24.8 Å². The van der Waals surface area contributed by atoms with Crippen molar-refractivity contribution in [3.05, 3.63) is 48.3 Å². The maximum absolute atomic E-state index is 12.3. The van der Waals surface area contributed by atoms with Gasteiger partial charge in [-0.3, -0.25) is 4.79 Å². The van der Waals surface area contributed by atoms with E-state index in [1.807, 2.05) is 47.4 Å². The fraction of sp³-hybridized carbons (Fsp3) is 0.474. The molecule has 0 bridgehead atoms. The number of benzene rings is 1. The Morgan fingerprint density at radius 3 is 2.80 bits per heavy atom. The molecule has 1 aliphatic carbocycles. The number of piperidine rings is 1. The van der Waals surface area contributed by atoms with Gasteiger partial charge in [0.1, 0.15) is 0 Å². The topological polar surface area (TPSA) is 59.0 Å². The molecule has 1 saturated heterocycles. The monoisotopic (exact) mass is 360 g/mol. The molecule has 1 aromatic heterocycles. The smallest absolute Gasteiger partial charge is 0.223 e. The number of rotatable bonds is 5. The zero-order chi connectivity index (χ0) is 16.4. The molecule has 1 amide bonds. The summed E-state index contributed by atoms with van der Waals surface area (Å²) in [6.07, 6.45) is 8.10. The van der Waals surface area contributed by atoms with Gasteiger partial charge < -0.3 is 10.6 Å². The van der Waals surface area contributed by atoms with Gasteiger partial charge in [-0.05, 0) is 61.9 Å². The first-order valence-electron chi connectivity index (χ1n) is 8.84. The summed E-state index contributed by atoms with van der Waals surface area (Å²) in [6, 6.07) is 10.1. The molecular formula is C19H25ClN4O. The van der Waals surface area contributed by atoms with Crippen LogP contribution >= 0.6 is 12.4 Å². The number of amides is 1. The largest absolute Gasteiger partial charge is 0.356 e. The zero-order valence-electron chi connectivity index (χ0n) is 14.3. The van der Waals surface area contributed by atoms with E-state index in [0.717, 1.165) is 50.0 Å². The molecule has 2 N–H and O–H groups in total. The average Bonchev–Trinajstić information content (AvgIpc) is 3.10. The lowest BCUT2D eigenvalue weighted by Crippen LogP contribution is -2.34. The van der Waals surface area contributed by atoms with Crippen molar-refractivity contribution in [3.63, 3.8) is 0 Å². The average molecular weight is 361 g/mol. The SMILES string of the molecule is Cl.O=C(NCCc1cnn(-c2ccccc2)c1)C1CC12CCNCC2. The van der Waals surface area contributed by atoms with Crippen molar-refractivity contribution in [2.45, 2.75) is 25.7 Å². The molecule has 134 valence electrons. The molecular weight excluding hydrogens is 336 g/mol. The van der Waals surface area contributed by atoms with Crippen molar-refractivity contribution >= 4 is 18.3 Å². The van der Waals surface area contributed by atoms with E-state index in [-0.39, 0.29) is 24.2 Å². The molecule has 2 aliphatic rings. The second-order valence-corrected chi connectivity index (χ2v) is 7.04. The van der Waals surface area contributed by atoms with Crippen LogP contribution in [0.2, 0.25) is 0 Å². The van der Waals surface area contributed by atoms with Crippen molar-refractivity contribution in [2.24, 2.45) is 11.3 Å². The summed E-state index contributed by atoms with van der Waals surface area (Å²) >= 11 is 0.